The lowest BCUT2D eigenvalue weighted by Crippen LogP contribution is -2.14. The summed E-state index contributed by atoms with van der Waals surface area (Å²) >= 11 is 1.19. The molecule has 23 heavy (non-hydrogen) atoms. The van der Waals surface area contributed by atoms with Crippen molar-refractivity contribution in [3.8, 4) is 0 Å². The summed E-state index contributed by atoms with van der Waals surface area (Å²) in [6, 6.07) is 8.96. The summed E-state index contributed by atoms with van der Waals surface area (Å²) in [6.45, 7) is 1.74. The second-order valence-electron chi connectivity index (χ2n) is 4.51. The summed E-state index contributed by atoms with van der Waals surface area (Å²) < 4.78 is 13.0. The van der Waals surface area contributed by atoms with Gasteiger partial charge < -0.3 is 10.6 Å². The topological polar surface area (TPSA) is 84.0 Å². The Hall–Kier alpha value is -2.48. The van der Waals surface area contributed by atoms with Crippen LogP contribution in [-0.4, -0.2) is 27.8 Å². The van der Waals surface area contributed by atoms with Gasteiger partial charge in [-0.1, -0.05) is 24.8 Å². The largest absolute Gasteiger partial charge is 0.325 e. The molecular formula is C15H15FN4O2S. The van der Waals surface area contributed by atoms with Crippen molar-refractivity contribution in [1.29, 1.82) is 0 Å². The van der Waals surface area contributed by atoms with Gasteiger partial charge in [0, 0.05) is 12.1 Å². The van der Waals surface area contributed by atoms with E-state index in [1.807, 2.05) is 0 Å². The molecule has 2 rings (SSSR count). The fraction of sp³-hybridized carbons (Fsp3) is 0.200. The first-order valence-electron chi connectivity index (χ1n) is 6.88. The molecule has 0 radical (unpaired) electrons. The molecule has 2 amide bonds. The van der Waals surface area contributed by atoms with E-state index in [4.69, 9.17) is 0 Å². The van der Waals surface area contributed by atoms with Crippen molar-refractivity contribution in [3.05, 3.63) is 42.2 Å². The van der Waals surface area contributed by atoms with Crippen LogP contribution in [0.1, 0.15) is 13.3 Å². The molecule has 8 heteroatoms. The Bertz CT molecular complexity index is 694. The molecule has 120 valence electrons. The zero-order valence-electron chi connectivity index (χ0n) is 12.4. The molecule has 0 saturated heterocycles. The maximum Gasteiger partial charge on any atom is 0.234 e. The number of hydrogen-bond acceptors (Lipinski definition) is 5. The van der Waals surface area contributed by atoms with E-state index in [2.05, 4.69) is 20.8 Å². The predicted molar refractivity (Wildman–Crippen MR) is 86.7 cm³/mol. The molecule has 0 fully saturated rings. The number of hydrogen-bond donors (Lipinski definition) is 2. The number of carbonyl (C=O) groups is 2. The molecule has 0 unspecified atom stereocenters. The minimum Gasteiger partial charge on any atom is -0.325 e. The van der Waals surface area contributed by atoms with Crippen LogP contribution in [0, 0.1) is 5.82 Å². The molecule has 1 aromatic heterocycles. The Morgan fingerprint density at radius 2 is 1.96 bits per heavy atom. The lowest BCUT2D eigenvalue weighted by Gasteiger charge is -2.05. The van der Waals surface area contributed by atoms with E-state index in [0.29, 0.717) is 23.0 Å². The Labute approximate surface area is 136 Å². The van der Waals surface area contributed by atoms with Crippen molar-refractivity contribution in [1.82, 2.24) is 10.2 Å². The van der Waals surface area contributed by atoms with Crippen LogP contribution < -0.4 is 10.6 Å². The number of carbonyl (C=O) groups excluding carboxylic acids is 2. The first-order valence-corrected chi connectivity index (χ1v) is 7.87. The highest BCUT2D eigenvalue weighted by Crippen LogP contribution is 2.16. The normalized spacial score (nSPS) is 10.2. The molecule has 0 aliphatic rings. The monoisotopic (exact) mass is 334 g/mol. The number of halogens is 1. The molecule has 0 atom stereocenters. The van der Waals surface area contributed by atoms with E-state index in [1.54, 1.807) is 25.1 Å². The molecule has 1 aromatic carbocycles. The molecule has 6 nitrogen and oxygen atoms in total. The summed E-state index contributed by atoms with van der Waals surface area (Å²) in [7, 11) is 0. The van der Waals surface area contributed by atoms with Crippen molar-refractivity contribution < 1.29 is 14.0 Å². The second-order valence-corrected chi connectivity index (χ2v) is 5.50. The smallest absolute Gasteiger partial charge is 0.234 e. The van der Waals surface area contributed by atoms with Gasteiger partial charge in [-0.15, -0.1) is 10.2 Å². The zero-order valence-corrected chi connectivity index (χ0v) is 13.2. The van der Waals surface area contributed by atoms with Gasteiger partial charge in [-0.05, 0) is 30.3 Å². The lowest BCUT2D eigenvalue weighted by atomic mass is 10.3. The Morgan fingerprint density at radius 1 is 1.13 bits per heavy atom. The zero-order chi connectivity index (χ0) is 16.7. The highest BCUT2D eigenvalue weighted by molar-refractivity contribution is 7.99. The molecule has 2 aromatic rings. The number of amides is 2. The van der Waals surface area contributed by atoms with Gasteiger partial charge in [0.1, 0.15) is 10.8 Å². The summed E-state index contributed by atoms with van der Waals surface area (Å²) in [6.07, 6.45) is 0.360. The minimum atomic E-state index is -0.411. The van der Waals surface area contributed by atoms with Crippen LogP contribution in [0.25, 0.3) is 0 Å². The first kappa shape index (κ1) is 16.9. The van der Waals surface area contributed by atoms with Gasteiger partial charge in [0.05, 0.1) is 5.75 Å². The lowest BCUT2D eigenvalue weighted by molar-refractivity contribution is -0.116. The number of benzene rings is 1. The van der Waals surface area contributed by atoms with Crippen LogP contribution in [0.15, 0.2) is 41.4 Å². The quantitative estimate of drug-likeness (QED) is 0.794. The fourth-order valence-electron chi connectivity index (χ4n) is 1.60. The number of anilines is 2. The third-order valence-electron chi connectivity index (χ3n) is 2.69. The predicted octanol–water partition coefficient (Wildman–Crippen LogP) is 2.70. The molecule has 2 N–H and O–H groups in total. The van der Waals surface area contributed by atoms with Gasteiger partial charge in [-0.3, -0.25) is 9.59 Å². The molecule has 1 heterocycles. The highest BCUT2D eigenvalue weighted by Gasteiger charge is 2.06. The Morgan fingerprint density at radius 3 is 2.61 bits per heavy atom. The van der Waals surface area contributed by atoms with Crippen molar-refractivity contribution in [2.75, 3.05) is 16.4 Å². The fourth-order valence-corrected chi connectivity index (χ4v) is 2.21. The molecular weight excluding hydrogens is 319 g/mol. The summed E-state index contributed by atoms with van der Waals surface area (Å²) in [5.74, 6) is -0.345. The van der Waals surface area contributed by atoms with Crippen LogP contribution >= 0.6 is 11.8 Å². The number of rotatable bonds is 6. The maximum atomic E-state index is 13.0. The Balaban J connectivity index is 1.83. The second kappa shape index (κ2) is 8.23. The van der Waals surface area contributed by atoms with E-state index in [0.717, 1.165) is 0 Å². The van der Waals surface area contributed by atoms with Crippen molar-refractivity contribution in [2.24, 2.45) is 0 Å². The maximum absolute atomic E-state index is 13.0. The molecule has 0 aliphatic heterocycles. The van der Waals surface area contributed by atoms with Gasteiger partial charge in [0.15, 0.2) is 5.82 Å². The van der Waals surface area contributed by atoms with E-state index in [9.17, 15) is 14.0 Å². The van der Waals surface area contributed by atoms with Crippen LogP contribution in [0.4, 0.5) is 15.9 Å². The van der Waals surface area contributed by atoms with E-state index in [-0.39, 0.29) is 17.6 Å². The summed E-state index contributed by atoms with van der Waals surface area (Å²) in [4.78, 5) is 23.0. The van der Waals surface area contributed by atoms with Gasteiger partial charge in [0.2, 0.25) is 11.8 Å². The van der Waals surface area contributed by atoms with E-state index < -0.39 is 5.82 Å². The first-order chi connectivity index (χ1) is 11.1. The van der Waals surface area contributed by atoms with Crippen molar-refractivity contribution >= 4 is 35.1 Å². The molecule has 0 aliphatic carbocycles. The average Bonchev–Trinajstić information content (AvgIpc) is 2.54. The van der Waals surface area contributed by atoms with Gasteiger partial charge in [0.25, 0.3) is 0 Å². The number of nitrogens with one attached hydrogen (secondary N) is 2. The Kier molecular flexibility index (Phi) is 6.04. The van der Waals surface area contributed by atoms with Crippen LogP contribution in [0.2, 0.25) is 0 Å². The SMILES string of the molecule is CCC(=O)Nc1ccc(SCC(=O)Nc2cccc(F)c2)nn1. The van der Waals surface area contributed by atoms with Crippen LogP contribution in [0.5, 0.6) is 0 Å². The van der Waals surface area contributed by atoms with Crippen LogP contribution in [0.3, 0.4) is 0 Å². The third-order valence-corrected chi connectivity index (χ3v) is 3.61. The van der Waals surface area contributed by atoms with Crippen molar-refractivity contribution in [2.45, 2.75) is 18.4 Å². The van der Waals surface area contributed by atoms with Crippen molar-refractivity contribution in [3.63, 3.8) is 0 Å². The van der Waals surface area contributed by atoms with E-state index >= 15 is 0 Å². The minimum absolute atomic E-state index is 0.117. The standard InChI is InChI=1S/C15H15FN4O2S/c1-2-13(21)18-12-6-7-15(20-19-12)23-9-14(22)17-11-5-3-4-10(16)8-11/h3-8H,2,9H2,1H3,(H,17,22)(H,18,19,21). The summed E-state index contributed by atoms with van der Waals surface area (Å²) in [5, 5.41) is 13.5. The third kappa shape index (κ3) is 5.67. The van der Waals surface area contributed by atoms with Gasteiger partial charge >= 0.3 is 0 Å². The molecule has 0 spiro atoms. The summed E-state index contributed by atoms with van der Waals surface area (Å²) in [5.41, 5.74) is 0.402. The van der Waals surface area contributed by atoms with Gasteiger partial charge in [-0.2, -0.15) is 0 Å². The average molecular weight is 334 g/mol. The van der Waals surface area contributed by atoms with Crippen LogP contribution in [-0.2, 0) is 9.59 Å². The molecule has 0 bridgehead atoms. The van der Waals surface area contributed by atoms with E-state index in [1.165, 1.54) is 30.0 Å². The van der Waals surface area contributed by atoms with Gasteiger partial charge in [-0.25, -0.2) is 4.39 Å². The number of thioether (sulfide) groups is 1. The number of aromatic nitrogens is 2. The highest BCUT2D eigenvalue weighted by atomic mass is 32.2. The number of nitrogens with zero attached hydrogens (tertiary/aromatic N) is 2. The molecule has 0 saturated carbocycles.